The molecule has 4 heteroatoms. The van der Waals surface area contributed by atoms with Crippen LogP contribution in [-0.4, -0.2) is 28.4 Å². The second kappa shape index (κ2) is 8.15. The molecule has 3 rings (SSSR count). The summed E-state index contributed by atoms with van der Waals surface area (Å²) in [6.45, 7) is 5.71. The number of benzene rings is 1. The first-order chi connectivity index (χ1) is 12.1. The van der Waals surface area contributed by atoms with Crippen LogP contribution in [0.5, 0.6) is 5.75 Å². The quantitative estimate of drug-likeness (QED) is 0.720. The highest BCUT2D eigenvalue weighted by Gasteiger charge is 2.33. The maximum atomic E-state index is 12.9. The van der Waals surface area contributed by atoms with Crippen molar-refractivity contribution in [3.63, 3.8) is 0 Å². The maximum Gasteiger partial charge on any atom is 0.254 e. The van der Waals surface area contributed by atoms with E-state index in [1.165, 1.54) is 0 Å². The number of ether oxygens (including phenoxy) is 1. The lowest BCUT2D eigenvalue weighted by molar-refractivity contribution is 0.0730. The van der Waals surface area contributed by atoms with Gasteiger partial charge in [0.2, 0.25) is 0 Å². The summed E-state index contributed by atoms with van der Waals surface area (Å²) >= 11 is 0. The van der Waals surface area contributed by atoms with Gasteiger partial charge in [-0.1, -0.05) is 13.8 Å². The molecule has 132 valence electrons. The molecule has 0 bridgehead atoms. The molecule has 0 spiro atoms. The number of aromatic nitrogens is 1. The predicted octanol–water partition coefficient (Wildman–Crippen LogP) is 4.31. The van der Waals surface area contributed by atoms with Gasteiger partial charge in [0, 0.05) is 30.5 Å². The van der Waals surface area contributed by atoms with Crippen LogP contribution in [0, 0.1) is 5.92 Å². The van der Waals surface area contributed by atoms with Crippen LogP contribution in [0.4, 0.5) is 0 Å². The number of hydrogen-bond donors (Lipinski definition) is 0. The molecular weight excluding hydrogens is 312 g/mol. The molecule has 25 heavy (non-hydrogen) atoms. The summed E-state index contributed by atoms with van der Waals surface area (Å²) in [5.74, 6) is 1.54. The van der Waals surface area contributed by atoms with Crippen LogP contribution in [0.25, 0.3) is 0 Å². The van der Waals surface area contributed by atoms with Gasteiger partial charge in [-0.25, -0.2) is 0 Å². The molecule has 0 saturated heterocycles. The van der Waals surface area contributed by atoms with E-state index in [-0.39, 0.29) is 5.91 Å². The zero-order valence-corrected chi connectivity index (χ0v) is 15.0. The smallest absolute Gasteiger partial charge is 0.254 e. The van der Waals surface area contributed by atoms with Crippen LogP contribution in [0.2, 0.25) is 0 Å². The van der Waals surface area contributed by atoms with Crippen LogP contribution in [0.15, 0.2) is 48.8 Å². The Hall–Kier alpha value is -2.36. The third-order valence-electron chi connectivity index (χ3n) is 4.42. The van der Waals surface area contributed by atoms with Crippen molar-refractivity contribution in [1.82, 2.24) is 9.88 Å². The van der Waals surface area contributed by atoms with Crippen molar-refractivity contribution in [2.24, 2.45) is 5.92 Å². The third kappa shape index (κ3) is 5.05. The Balaban J connectivity index is 1.63. The minimum absolute atomic E-state index is 0.0908. The fourth-order valence-corrected chi connectivity index (χ4v) is 2.71. The summed E-state index contributed by atoms with van der Waals surface area (Å²) in [5, 5.41) is 0. The van der Waals surface area contributed by atoms with Crippen LogP contribution in [-0.2, 0) is 6.54 Å². The number of amides is 1. The number of nitrogens with zero attached hydrogens (tertiary/aromatic N) is 2. The normalized spacial score (nSPS) is 13.7. The zero-order valence-electron chi connectivity index (χ0n) is 15.0. The van der Waals surface area contributed by atoms with E-state index in [4.69, 9.17) is 4.74 Å². The van der Waals surface area contributed by atoms with Crippen molar-refractivity contribution in [2.45, 2.75) is 45.7 Å². The first kappa shape index (κ1) is 17.5. The number of carbonyl (C=O) groups excluding carboxylic acids is 1. The SMILES string of the molecule is CC(C)CCOc1ccc(C(=O)N(Cc2ccncc2)C2CC2)cc1. The van der Waals surface area contributed by atoms with Gasteiger partial charge in [0.1, 0.15) is 5.75 Å². The topological polar surface area (TPSA) is 42.4 Å². The number of pyridine rings is 1. The highest BCUT2D eigenvalue weighted by atomic mass is 16.5. The lowest BCUT2D eigenvalue weighted by Gasteiger charge is -2.22. The van der Waals surface area contributed by atoms with Gasteiger partial charge in [-0.15, -0.1) is 0 Å². The molecule has 0 N–H and O–H groups in total. The van der Waals surface area contributed by atoms with Gasteiger partial charge in [0.25, 0.3) is 5.91 Å². The van der Waals surface area contributed by atoms with E-state index in [0.29, 0.717) is 25.1 Å². The van der Waals surface area contributed by atoms with E-state index in [1.807, 2.05) is 41.3 Å². The van der Waals surface area contributed by atoms with Crippen LogP contribution in [0.1, 0.15) is 49.0 Å². The molecule has 1 amide bonds. The van der Waals surface area contributed by atoms with E-state index < -0.39 is 0 Å². The highest BCUT2D eigenvalue weighted by Crippen LogP contribution is 2.30. The monoisotopic (exact) mass is 338 g/mol. The highest BCUT2D eigenvalue weighted by molar-refractivity contribution is 5.94. The van der Waals surface area contributed by atoms with Crippen molar-refractivity contribution in [2.75, 3.05) is 6.61 Å². The van der Waals surface area contributed by atoms with Crippen molar-refractivity contribution < 1.29 is 9.53 Å². The van der Waals surface area contributed by atoms with Gasteiger partial charge in [-0.05, 0) is 67.1 Å². The Labute approximate surface area is 149 Å². The Morgan fingerprint density at radius 1 is 1.16 bits per heavy atom. The molecule has 0 atom stereocenters. The number of hydrogen-bond acceptors (Lipinski definition) is 3. The van der Waals surface area contributed by atoms with Gasteiger partial charge >= 0.3 is 0 Å². The minimum atomic E-state index is 0.0908. The molecule has 0 aliphatic heterocycles. The minimum Gasteiger partial charge on any atom is -0.494 e. The molecule has 0 unspecified atom stereocenters. The zero-order chi connectivity index (χ0) is 17.6. The standard InChI is InChI=1S/C21H26N2O2/c1-16(2)11-14-25-20-7-3-18(4-8-20)21(24)23(19-5-6-19)15-17-9-12-22-13-10-17/h3-4,7-10,12-13,16,19H,5-6,11,14-15H2,1-2H3. The molecule has 1 aromatic heterocycles. The van der Waals surface area contributed by atoms with Crippen LogP contribution >= 0.6 is 0 Å². The average molecular weight is 338 g/mol. The third-order valence-corrected chi connectivity index (χ3v) is 4.42. The lowest BCUT2D eigenvalue weighted by Crippen LogP contribution is -2.32. The molecular formula is C21H26N2O2. The Kier molecular flexibility index (Phi) is 5.69. The van der Waals surface area contributed by atoms with E-state index in [9.17, 15) is 4.79 Å². The summed E-state index contributed by atoms with van der Waals surface area (Å²) in [6, 6.07) is 11.8. The molecule has 1 aliphatic rings. The van der Waals surface area contributed by atoms with Crippen molar-refractivity contribution in [3.8, 4) is 5.75 Å². The van der Waals surface area contributed by atoms with E-state index >= 15 is 0 Å². The Morgan fingerprint density at radius 3 is 2.44 bits per heavy atom. The molecule has 1 aliphatic carbocycles. The summed E-state index contributed by atoms with van der Waals surface area (Å²) < 4.78 is 5.74. The second-order valence-electron chi connectivity index (χ2n) is 7.08. The summed E-state index contributed by atoms with van der Waals surface area (Å²) in [4.78, 5) is 18.9. The molecule has 1 aromatic carbocycles. The van der Waals surface area contributed by atoms with Gasteiger partial charge in [0.05, 0.1) is 6.61 Å². The first-order valence-electron chi connectivity index (χ1n) is 9.06. The van der Waals surface area contributed by atoms with Gasteiger partial charge in [-0.3, -0.25) is 9.78 Å². The predicted molar refractivity (Wildman–Crippen MR) is 98.5 cm³/mol. The molecule has 1 heterocycles. The molecule has 1 saturated carbocycles. The van der Waals surface area contributed by atoms with E-state index in [1.54, 1.807) is 12.4 Å². The lowest BCUT2D eigenvalue weighted by atomic mass is 10.1. The van der Waals surface area contributed by atoms with Crippen molar-refractivity contribution in [3.05, 3.63) is 59.9 Å². The largest absolute Gasteiger partial charge is 0.494 e. The van der Waals surface area contributed by atoms with Crippen molar-refractivity contribution in [1.29, 1.82) is 0 Å². The Morgan fingerprint density at radius 2 is 1.84 bits per heavy atom. The first-order valence-corrected chi connectivity index (χ1v) is 9.06. The number of carbonyl (C=O) groups is 1. The summed E-state index contributed by atoms with van der Waals surface area (Å²) in [5.41, 5.74) is 1.83. The summed E-state index contributed by atoms with van der Waals surface area (Å²) in [6.07, 6.45) is 6.75. The average Bonchev–Trinajstić information content (AvgIpc) is 3.45. The van der Waals surface area contributed by atoms with Crippen LogP contribution in [0.3, 0.4) is 0 Å². The van der Waals surface area contributed by atoms with Crippen LogP contribution < -0.4 is 4.74 Å². The fourth-order valence-electron chi connectivity index (χ4n) is 2.71. The van der Waals surface area contributed by atoms with Gasteiger partial charge < -0.3 is 9.64 Å². The second-order valence-corrected chi connectivity index (χ2v) is 7.08. The molecule has 0 radical (unpaired) electrons. The number of rotatable bonds is 8. The molecule has 2 aromatic rings. The summed E-state index contributed by atoms with van der Waals surface area (Å²) in [7, 11) is 0. The maximum absolute atomic E-state index is 12.9. The molecule has 1 fully saturated rings. The molecule has 4 nitrogen and oxygen atoms in total. The Bertz CT molecular complexity index is 679. The van der Waals surface area contributed by atoms with Gasteiger partial charge in [0.15, 0.2) is 0 Å². The fraction of sp³-hybridized carbons (Fsp3) is 0.429. The van der Waals surface area contributed by atoms with Gasteiger partial charge in [-0.2, -0.15) is 0 Å². The van der Waals surface area contributed by atoms with Crippen molar-refractivity contribution >= 4 is 5.91 Å². The van der Waals surface area contributed by atoms with E-state index in [0.717, 1.165) is 36.1 Å². The van der Waals surface area contributed by atoms with E-state index in [2.05, 4.69) is 18.8 Å².